The van der Waals surface area contributed by atoms with E-state index in [0.29, 0.717) is 0 Å². The number of nitrogens with zero attached hydrogens (tertiary/aromatic N) is 4. The molecule has 0 bridgehead atoms. The van der Waals surface area contributed by atoms with Crippen LogP contribution < -0.4 is 0 Å². The second-order valence-corrected chi connectivity index (χ2v) is 14.1. The Bertz CT molecular complexity index is 3220. The van der Waals surface area contributed by atoms with E-state index in [1.807, 2.05) is 36.0 Å². The van der Waals surface area contributed by atoms with Crippen LogP contribution in [0.4, 0.5) is 0 Å². The Hall–Kier alpha value is -6.56. The second kappa shape index (κ2) is 11.0. The molecule has 0 spiro atoms. The van der Waals surface area contributed by atoms with E-state index in [0.717, 1.165) is 71.7 Å². The number of aromatic nitrogens is 4. The maximum atomic E-state index is 5.29. The Morgan fingerprint density at radius 2 is 1.25 bits per heavy atom. The maximum Gasteiger partial charge on any atom is 0.0970 e. The molecule has 0 fully saturated rings. The fourth-order valence-corrected chi connectivity index (χ4v) is 9.01. The molecule has 0 aliphatic carbocycles. The summed E-state index contributed by atoms with van der Waals surface area (Å²) in [4.78, 5) is 19.6. The standard InChI is InChI=1S/C46H26N4S/c1-3-12-40-37(11-1)42-38(18-17-36-34-10-2-4-13-41(34)51-46(36)42)43(50-40)30-8-5-7-28(23-30)32-25-31-24-29(15-19-39(31)49-26-32)33-20-22-48-45-35(33)16-14-27-9-6-21-47-44(27)45/h1-26H. The van der Waals surface area contributed by atoms with Crippen molar-refractivity contribution in [3.8, 4) is 33.5 Å². The number of para-hydroxylation sites is 1. The molecule has 5 heterocycles. The first-order valence-electron chi connectivity index (χ1n) is 17.0. The maximum absolute atomic E-state index is 5.29. The van der Waals surface area contributed by atoms with Crippen LogP contribution in [0.2, 0.25) is 0 Å². The molecule has 4 nitrogen and oxygen atoms in total. The summed E-state index contributed by atoms with van der Waals surface area (Å²) in [6.07, 6.45) is 5.69. The Morgan fingerprint density at radius 1 is 0.431 bits per heavy atom. The van der Waals surface area contributed by atoms with E-state index in [-0.39, 0.29) is 0 Å². The van der Waals surface area contributed by atoms with Crippen LogP contribution >= 0.6 is 11.3 Å². The van der Waals surface area contributed by atoms with Crippen molar-refractivity contribution in [2.75, 3.05) is 0 Å². The van der Waals surface area contributed by atoms with Crippen molar-refractivity contribution < 1.29 is 0 Å². The molecule has 11 aromatic rings. The first-order valence-corrected chi connectivity index (χ1v) is 17.8. The van der Waals surface area contributed by atoms with Gasteiger partial charge in [0, 0.05) is 82.2 Å². The summed E-state index contributed by atoms with van der Waals surface area (Å²) >= 11 is 1.87. The topological polar surface area (TPSA) is 51.6 Å². The number of rotatable bonds is 3. The monoisotopic (exact) mass is 666 g/mol. The molecule has 0 aliphatic rings. The number of hydrogen-bond acceptors (Lipinski definition) is 5. The minimum Gasteiger partial charge on any atom is -0.256 e. The van der Waals surface area contributed by atoms with Crippen LogP contribution in [0.3, 0.4) is 0 Å². The molecule has 0 radical (unpaired) electrons. The Morgan fingerprint density at radius 3 is 2.24 bits per heavy atom. The summed E-state index contributed by atoms with van der Waals surface area (Å²) in [5, 5.41) is 9.48. The number of fused-ring (bicyclic) bond motifs is 11. The van der Waals surface area contributed by atoms with Crippen molar-refractivity contribution in [1.29, 1.82) is 0 Å². The molecule has 0 aliphatic heterocycles. The molecule has 6 aromatic carbocycles. The van der Waals surface area contributed by atoms with Gasteiger partial charge in [-0.25, -0.2) is 4.98 Å². The van der Waals surface area contributed by atoms with Crippen LogP contribution in [-0.4, -0.2) is 19.9 Å². The lowest BCUT2D eigenvalue weighted by Crippen LogP contribution is -1.91. The van der Waals surface area contributed by atoms with Crippen LogP contribution in [0.5, 0.6) is 0 Å². The fraction of sp³-hybridized carbons (Fsp3) is 0. The number of hydrogen-bond donors (Lipinski definition) is 0. The van der Waals surface area contributed by atoms with Gasteiger partial charge in [0.15, 0.2) is 0 Å². The lowest BCUT2D eigenvalue weighted by atomic mass is 9.95. The highest BCUT2D eigenvalue weighted by Gasteiger charge is 2.17. The first kappa shape index (κ1) is 28.3. The van der Waals surface area contributed by atoms with Gasteiger partial charge in [0.1, 0.15) is 0 Å². The zero-order valence-electron chi connectivity index (χ0n) is 27.2. The van der Waals surface area contributed by atoms with Crippen LogP contribution in [0, 0.1) is 0 Å². The molecular formula is C46H26N4S. The van der Waals surface area contributed by atoms with Gasteiger partial charge in [-0.1, -0.05) is 91.0 Å². The predicted molar refractivity (Wildman–Crippen MR) is 214 cm³/mol. The molecular weight excluding hydrogens is 641 g/mol. The van der Waals surface area contributed by atoms with Crippen molar-refractivity contribution in [2.24, 2.45) is 0 Å². The third-order valence-corrected chi connectivity index (χ3v) is 11.4. The minimum absolute atomic E-state index is 0.914. The quantitative estimate of drug-likeness (QED) is 0.176. The highest BCUT2D eigenvalue weighted by molar-refractivity contribution is 7.26. The molecule has 11 rings (SSSR count). The van der Waals surface area contributed by atoms with Crippen molar-refractivity contribution in [3.05, 3.63) is 158 Å². The summed E-state index contributed by atoms with van der Waals surface area (Å²) in [5.74, 6) is 0. The van der Waals surface area contributed by atoms with E-state index < -0.39 is 0 Å². The lowest BCUT2D eigenvalue weighted by molar-refractivity contribution is 1.37. The summed E-state index contributed by atoms with van der Waals surface area (Å²) in [7, 11) is 0. The molecule has 5 heteroatoms. The van der Waals surface area contributed by atoms with E-state index in [1.54, 1.807) is 0 Å². The third-order valence-electron chi connectivity index (χ3n) is 10.2. The Labute approximate surface area is 296 Å². The molecule has 0 N–H and O–H groups in total. The van der Waals surface area contributed by atoms with Crippen LogP contribution in [0.15, 0.2) is 158 Å². The molecule has 236 valence electrons. The third kappa shape index (κ3) is 4.38. The highest BCUT2D eigenvalue weighted by atomic mass is 32.1. The number of pyridine rings is 4. The average molecular weight is 667 g/mol. The molecule has 0 amide bonds. The van der Waals surface area contributed by atoms with Crippen LogP contribution in [-0.2, 0) is 0 Å². The molecule has 0 unspecified atom stereocenters. The Kier molecular flexibility index (Phi) is 6.09. The summed E-state index contributed by atoms with van der Waals surface area (Å²) < 4.78 is 2.62. The van der Waals surface area contributed by atoms with Crippen molar-refractivity contribution in [3.63, 3.8) is 0 Å². The minimum atomic E-state index is 0.914. The van der Waals surface area contributed by atoms with Gasteiger partial charge in [-0.05, 0) is 65.2 Å². The normalized spacial score (nSPS) is 11.9. The zero-order valence-corrected chi connectivity index (χ0v) is 28.0. The first-order chi connectivity index (χ1) is 25.3. The van der Waals surface area contributed by atoms with Gasteiger partial charge in [-0.3, -0.25) is 15.0 Å². The summed E-state index contributed by atoms with van der Waals surface area (Å²) in [6.45, 7) is 0. The van der Waals surface area contributed by atoms with E-state index in [4.69, 9.17) is 15.0 Å². The molecule has 5 aromatic heterocycles. The van der Waals surface area contributed by atoms with E-state index in [1.165, 1.54) is 36.3 Å². The average Bonchev–Trinajstić information content (AvgIpc) is 3.59. The summed E-state index contributed by atoms with van der Waals surface area (Å²) in [6, 6.07) is 49.7. The number of benzene rings is 6. The smallest absolute Gasteiger partial charge is 0.0970 e. The van der Waals surface area contributed by atoms with Gasteiger partial charge in [0.25, 0.3) is 0 Å². The summed E-state index contributed by atoms with van der Waals surface area (Å²) in [5.41, 5.74) is 10.3. The van der Waals surface area contributed by atoms with Gasteiger partial charge in [-0.15, -0.1) is 11.3 Å². The SMILES string of the molecule is c1cc(-c2cnc3ccc(-c4ccnc5c4ccc4cccnc45)cc3c2)cc(-c2nc3ccccc3c3c2ccc2c4ccccc4sc23)c1. The largest absolute Gasteiger partial charge is 0.256 e. The highest BCUT2D eigenvalue weighted by Crippen LogP contribution is 2.43. The van der Waals surface area contributed by atoms with Gasteiger partial charge in [0.2, 0.25) is 0 Å². The molecule has 0 saturated carbocycles. The molecule has 0 saturated heterocycles. The van der Waals surface area contributed by atoms with E-state index in [9.17, 15) is 0 Å². The van der Waals surface area contributed by atoms with Crippen LogP contribution in [0.1, 0.15) is 0 Å². The zero-order chi connectivity index (χ0) is 33.5. The van der Waals surface area contributed by atoms with E-state index in [2.05, 4.69) is 138 Å². The van der Waals surface area contributed by atoms with Gasteiger partial charge < -0.3 is 0 Å². The predicted octanol–water partition coefficient (Wildman–Crippen LogP) is 12.4. The lowest BCUT2D eigenvalue weighted by Gasteiger charge is -2.13. The fourth-order valence-electron chi connectivity index (χ4n) is 7.75. The van der Waals surface area contributed by atoms with Gasteiger partial charge >= 0.3 is 0 Å². The number of thiophene rings is 1. The molecule has 0 atom stereocenters. The van der Waals surface area contributed by atoms with Crippen molar-refractivity contribution in [1.82, 2.24) is 19.9 Å². The van der Waals surface area contributed by atoms with E-state index >= 15 is 0 Å². The Balaban J connectivity index is 1.06. The van der Waals surface area contributed by atoms with Gasteiger partial charge in [-0.2, -0.15) is 0 Å². The van der Waals surface area contributed by atoms with Crippen molar-refractivity contribution >= 4 is 85.9 Å². The van der Waals surface area contributed by atoms with Crippen LogP contribution in [0.25, 0.3) is 108 Å². The van der Waals surface area contributed by atoms with Crippen molar-refractivity contribution in [2.45, 2.75) is 0 Å². The second-order valence-electron chi connectivity index (χ2n) is 13.0. The van der Waals surface area contributed by atoms with Gasteiger partial charge in [0.05, 0.1) is 27.8 Å². The molecule has 51 heavy (non-hydrogen) atoms.